The number of amides is 1. The Labute approximate surface area is 153 Å². The average Bonchev–Trinajstić information content (AvgIpc) is 3.06. The molecule has 0 unspecified atom stereocenters. The SMILES string of the molecule is O=C(Nc1ccc2c(c1)OC1(CCCCC1)O2)c1cc(Cl)sc1Cl. The van der Waals surface area contributed by atoms with E-state index in [-0.39, 0.29) is 5.91 Å². The molecule has 1 N–H and O–H groups in total. The molecule has 4 nitrogen and oxygen atoms in total. The van der Waals surface area contributed by atoms with Gasteiger partial charge in [0.1, 0.15) is 4.34 Å². The molecule has 4 rings (SSSR count). The molecule has 1 aromatic carbocycles. The number of nitrogens with one attached hydrogen (secondary N) is 1. The summed E-state index contributed by atoms with van der Waals surface area (Å²) in [5.41, 5.74) is 1.00. The van der Waals surface area contributed by atoms with Gasteiger partial charge in [-0.05, 0) is 31.0 Å². The van der Waals surface area contributed by atoms with Crippen LogP contribution < -0.4 is 14.8 Å². The van der Waals surface area contributed by atoms with Crippen LogP contribution in [0.5, 0.6) is 11.5 Å². The molecule has 2 aliphatic rings. The number of ether oxygens (including phenoxy) is 2. The van der Waals surface area contributed by atoms with Gasteiger partial charge in [0.2, 0.25) is 0 Å². The molecule has 1 amide bonds. The lowest BCUT2D eigenvalue weighted by Gasteiger charge is -2.31. The van der Waals surface area contributed by atoms with Gasteiger partial charge in [0.15, 0.2) is 11.5 Å². The molecule has 1 aliphatic carbocycles. The zero-order chi connectivity index (χ0) is 16.7. The number of hydrogen-bond donors (Lipinski definition) is 1. The predicted octanol–water partition coefficient (Wildman–Crippen LogP) is 5.74. The summed E-state index contributed by atoms with van der Waals surface area (Å²) in [6.45, 7) is 0. The van der Waals surface area contributed by atoms with Crippen LogP contribution in [0.1, 0.15) is 42.5 Å². The van der Waals surface area contributed by atoms with Gasteiger partial charge in [0, 0.05) is 24.6 Å². The van der Waals surface area contributed by atoms with Crippen LogP contribution in [0, 0.1) is 0 Å². The minimum atomic E-state index is -0.520. The van der Waals surface area contributed by atoms with Crippen LogP contribution in [0.4, 0.5) is 5.69 Å². The lowest BCUT2D eigenvalue weighted by Crippen LogP contribution is -2.40. The van der Waals surface area contributed by atoms with Crippen molar-refractivity contribution >= 4 is 46.1 Å². The zero-order valence-electron chi connectivity index (χ0n) is 12.7. The van der Waals surface area contributed by atoms with E-state index in [4.69, 9.17) is 32.7 Å². The normalized spacial score (nSPS) is 17.9. The van der Waals surface area contributed by atoms with Crippen LogP contribution in [0.2, 0.25) is 8.67 Å². The molecule has 1 spiro atoms. The van der Waals surface area contributed by atoms with Crippen LogP contribution in [0.3, 0.4) is 0 Å². The first-order valence-electron chi connectivity index (χ1n) is 7.83. The molecule has 126 valence electrons. The fraction of sp³-hybridized carbons (Fsp3) is 0.353. The van der Waals surface area contributed by atoms with Crippen LogP contribution in [-0.4, -0.2) is 11.7 Å². The maximum absolute atomic E-state index is 12.3. The smallest absolute Gasteiger partial charge is 0.258 e. The monoisotopic (exact) mass is 383 g/mol. The molecule has 0 bridgehead atoms. The molecule has 0 saturated heterocycles. The predicted molar refractivity (Wildman–Crippen MR) is 95.8 cm³/mol. The Bertz CT molecular complexity index is 799. The van der Waals surface area contributed by atoms with Gasteiger partial charge >= 0.3 is 0 Å². The highest BCUT2D eigenvalue weighted by Crippen LogP contribution is 2.46. The Balaban J connectivity index is 1.52. The molecule has 2 heterocycles. The van der Waals surface area contributed by atoms with E-state index in [0.717, 1.165) is 31.4 Å². The number of rotatable bonds is 2. The maximum Gasteiger partial charge on any atom is 0.258 e. The van der Waals surface area contributed by atoms with Crippen LogP contribution in [0.15, 0.2) is 24.3 Å². The zero-order valence-corrected chi connectivity index (χ0v) is 15.1. The summed E-state index contributed by atoms with van der Waals surface area (Å²) < 4.78 is 13.0. The number of carbonyl (C=O) groups excluding carboxylic acids is 1. The van der Waals surface area contributed by atoms with Crippen molar-refractivity contribution in [2.24, 2.45) is 0 Å². The van der Waals surface area contributed by atoms with Gasteiger partial charge in [0.05, 0.1) is 9.90 Å². The summed E-state index contributed by atoms with van der Waals surface area (Å²) in [4.78, 5) is 12.3. The minimum Gasteiger partial charge on any atom is -0.448 e. The topological polar surface area (TPSA) is 47.6 Å². The molecular formula is C17H15Cl2NO3S. The Morgan fingerprint density at radius 1 is 1.08 bits per heavy atom. The molecule has 1 aliphatic heterocycles. The van der Waals surface area contributed by atoms with Gasteiger partial charge in [-0.2, -0.15) is 0 Å². The number of fused-ring (bicyclic) bond motifs is 1. The van der Waals surface area contributed by atoms with E-state index in [9.17, 15) is 4.79 Å². The summed E-state index contributed by atoms with van der Waals surface area (Å²) in [5.74, 6) is 0.581. The van der Waals surface area contributed by atoms with E-state index in [2.05, 4.69) is 5.32 Å². The number of carbonyl (C=O) groups is 1. The van der Waals surface area contributed by atoms with Gasteiger partial charge in [-0.25, -0.2) is 0 Å². The Morgan fingerprint density at radius 2 is 1.83 bits per heavy atom. The van der Waals surface area contributed by atoms with Crippen molar-refractivity contribution in [1.29, 1.82) is 0 Å². The standard InChI is InChI=1S/C17H15Cl2NO3S/c18-14-9-11(15(19)24-14)16(21)20-10-4-5-12-13(8-10)23-17(22-12)6-2-1-3-7-17/h4-5,8-9H,1-3,6-7H2,(H,20,21). The number of hydrogen-bond acceptors (Lipinski definition) is 4. The van der Waals surface area contributed by atoms with E-state index in [1.165, 1.54) is 17.8 Å². The van der Waals surface area contributed by atoms with Gasteiger partial charge in [-0.15, -0.1) is 11.3 Å². The third-order valence-electron chi connectivity index (χ3n) is 4.31. The van der Waals surface area contributed by atoms with Crippen molar-refractivity contribution in [2.75, 3.05) is 5.32 Å². The minimum absolute atomic E-state index is 0.297. The average molecular weight is 384 g/mol. The highest BCUT2D eigenvalue weighted by Gasteiger charge is 2.42. The third kappa shape index (κ3) is 2.96. The number of anilines is 1. The van der Waals surface area contributed by atoms with Crippen molar-refractivity contribution in [3.63, 3.8) is 0 Å². The van der Waals surface area contributed by atoms with Gasteiger partial charge in [-0.3, -0.25) is 4.79 Å². The summed E-state index contributed by atoms with van der Waals surface area (Å²) in [6, 6.07) is 6.98. The summed E-state index contributed by atoms with van der Waals surface area (Å²) in [7, 11) is 0. The van der Waals surface area contributed by atoms with Gasteiger partial charge in [-0.1, -0.05) is 29.6 Å². The van der Waals surface area contributed by atoms with E-state index >= 15 is 0 Å². The maximum atomic E-state index is 12.3. The molecule has 7 heteroatoms. The van der Waals surface area contributed by atoms with Crippen molar-refractivity contribution in [3.8, 4) is 11.5 Å². The quantitative estimate of drug-likeness (QED) is 0.718. The molecule has 24 heavy (non-hydrogen) atoms. The molecule has 2 aromatic rings. The summed E-state index contributed by atoms with van der Waals surface area (Å²) >= 11 is 13.1. The summed E-state index contributed by atoms with van der Waals surface area (Å²) in [5, 5.41) is 2.82. The Morgan fingerprint density at radius 3 is 2.54 bits per heavy atom. The van der Waals surface area contributed by atoms with Gasteiger partial charge < -0.3 is 14.8 Å². The molecule has 1 saturated carbocycles. The van der Waals surface area contributed by atoms with E-state index in [0.29, 0.717) is 25.7 Å². The molecule has 0 radical (unpaired) electrons. The summed E-state index contributed by atoms with van der Waals surface area (Å²) in [6.07, 6.45) is 5.22. The second-order valence-electron chi connectivity index (χ2n) is 6.03. The van der Waals surface area contributed by atoms with Crippen molar-refractivity contribution in [1.82, 2.24) is 0 Å². The number of halogens is 2. The van der Waals surface area contributed by atoms with E-state index < -0.39 is 5.79 Å². The molecular weight excluding hydrogens is 369 g/mol. The Hall–Kier alpha value is -1.43. The first-order valence-corrected chi connectivity index (χ1v) is 9.40. The largest absolute Gasteiger partial charge is 0.448 e. The highest BCUT2D eigenvalue weighted by molar-refractivity contribution is 7.20. The lowest BCUT2D eigenvalue weighted by molar-refractivity contribution is -0.105. The van der Waals surface area contributed by atoms with Crippen molar-refractivity contribution in [2.45, 2.75) is 37.9 Å². The van der Waals surface area contributed by atoms with Crippen molar-refractivity contribution < 1.29 is 14.3 Å². The van der Waals surface area contributed by atoms with Crippen molar-refractivity contribution in [3.05, 3.63) is 38.5 Å². The third-order valence-corrected chi connectivity index (χ3v) is 5.80. The van der Waals surface area contributed by atoms with Crippen LogP contribution in [-0.2, 0) is 0 Å². The van der Waals surface area contributed by atoms with Crippen LogP contribution >= 0.6 is 34.5 Å². The van der Waals surface area contributed by atoms with Crippen LogP contribution in [0.25, 0.3) is 0 Å². The first kappa shape index (κ1) is 16.1. The van der Waals surface area contributed by atoms with Gasteiger partial charge in [0.25, 0.3) is 11.7 Å². The second-order valence-corrected chi connectivity index (χ2v) is 8.31. The number of thiophene rings is 1. The molecule has 1 aromatic heterocycles. The fourth-order valence-electron chi connectivity index (χ4n) is 3.16. The second kappa shape index (κ2) is 6.14. The fourth-order valence-corrected chi connectivity index (χ4v) is 4.62. The Kier molecular flexibility index (Phi) is 4.11. The highest BCUT2D eigenvalue weighted by atomic mass is 35.5. The number of benzene rings is 1. The lowest BCUT2D eigenvalue weighted by atomic mass is 9.94. The molecule has 0 atom stereocenters. The molecule has 1 fully saturated rings. The first-order chi connectivity index (χ1) is 11.5. The van der Waals surface area contributed by atoms with E-state index in [1.807, 2.05) is 6.07 Å². The van der Waals surface area contributed by atoms with E-state index in [1.54, 1.807) is 18.2 Å².